The molecule has 118 valence electrons. The van der Waals surface area contributed by atoms with E-state index in [1.165, 1.54) is 7.11 Å². The summed E-state index contributed by atoms with van der Waals surface area (Å²) in [6.45, 7) is 2.30. The fourth-order valence-corrected chi connectivity index (χ4v) is 1.99. The van der Waals surface area contributed by atoms with Crippen LogP contribution in [0, 0.1) is 0 Å². The molecule has 0 aliphatic rings. The Hall–Kier alpha value is -1.60. The molecular weight excluding hydrogens is 298 g/mol. The molecular formula is C13H20ClN3O4. The van der Waals surface area contributed by atoms with Crippen molar-refractivity contribution in [1.29, 1.82) is 0 Å². The van der Waals surface area contributed by atoms with E-state index in [2.05, 4.69) is 12.2 Å². The number of rotatable bonds is 7. The van der Waals surface area contributed by atoms with Crippen molar-refractivity contribution in [3.8, 4) is 0 Å². The molecule has 0 radical (unpaired) electrons. The van der Waals surface area contributed by atoms with Crippen LogP contribution >= 0.6 is 11.6 Å². The Bertz CT molecular complexity index is 594. The monoisotopic (exact) mass is 317 g/mol. The Kier molecular flexibility index (Phi) is 7.18. The van der Waals surface area contributed by atoms with Gasteiger partial charge in [-0.15, -0.1) is 0 Å². The summed E-state index contributed by atoms with van der Waals surface area (Å²) in [7, 11) is 1.34. The van der Waals surface area contributed by atoms with Crippen LogP contribution in [0.15, 0.2) is 15.8 Å². The second-order valence-electron chi connectivity index (χ2n) is 4.57. The topological polar surface area (TPSA) is 82.3 Å². The average Bonchev–Trinajstić information content (AvgIpc) is 2.47. The largest absolute Gasteiger partial charge is 0.364 e. The number of carbonyl (C=O) groups excluding carboxylic acids is 1. The first-order chi connectivity index (χ1) is 10.0. The lowest BCUT2D eigenvalue weighted by Gasteiger charge is -2.10. The molecule has 0 fully saturated rings. The van der Waals surface area contributed by atoms with Crippen molar-refractivity contribution in [2.24, 2.45) is 0 Å². The van der Waals surface area contributed by atoms with Crippen LogP contribution < -0.4 is 16.6 Å². The van der Waals surface area contributed by atoms with Crippen LogP contribution in [0.3, 0.4) is 0 Å². The van der Waals surface area contributed by atoms with Gasteiger partial charge in [-0.25, -0.2) is 18.7 Å². The number of nitrogens with zero attached hydrogens (tertiary/aromatic N) is 2. The van der Waals surface area contributed by atoms with Crippen LogP contribution in [0.4, 0.5) is 4.79 Å². The molecule has 0 saturated carbocycles. The van der Waals surface area contributed by atoms with Gasteiger partial charge in [0.15, 0.2) is 0 Å². The van der Waals surface area contributed by atoms with E-state index in [0.29, 0.717) is 6.54 Å². The molecule has 0 aliphatic heterocycles. The average molecular weight is 318 g/mol. The SMILES string of the molecule is CCCCCCNC(=O)n1cc(Cl)c(=O)n(COC)c1=O. The standard InChI is InChI=1S/C13H20ClN3O4/c1-3-4-5-6-7-15-12(19)16-8-10(14)11(18)17(9-21-2)13(16)20/h8H,3-7,9H2,1-2H3,(H,15,19). The number of methoxy groups -OCH3 is 1. The second-order valence-corrected chi connectivity index (χ2v) is 4.98. The van der Waals surface area contributed by atoms with Crippen molar-refractivity contribution in [2.45, 2.75) is 39.3 Å². The summed E-state index contributed by atoms with van der Waals surface area (Å²) in [5.41, 5.74) is -1.46. The van der Waals surface area contributed by atoms with Crippen LogP contribution in [-0.2, 0) is 11.5 Å². The highest BCUT2D eigenvalue weighted by Crippen LogP contribution is 1.99. The highest BCUT2D eigenvalue weighted by Gasteiger charge is 2.14. The number of carbonyl (C=O) groups is 1. The van der Waals surface area contributed by atoms with Gasteiger partial charge < -0.3 is 10.1 Å². The number of halogens is 1. The summed E-state index contributed by atoms with van der Waals surface area (Å²) in [5, 5.41) is 2.41. The Morgan fingerprint density at radius 1 is 1.33 bits per heavy atom. The van der Waals surface area contributed by atoms with Crippen LogP contribution in [0.5, 0.6) is 0 Å². The van der Waals surface area contributed by atoms with Gasteiger partial charge in [0.25, 0.3) is 5.56 Å². The Morgan fingerprint density at radius 3 is 2.67 bits per heavy atom. The molecule has 0 bridgehead atoms. The van der Waals surface area contributed by atoms with Gasteiger partial charge in [-0.2, -0.15) is 0 Å². The second kappa shape index (κ2) is 8.63. The summed E-state index contributed by atoms with van der Waals surface area (Å²) in [4.78, 5) is 35.7. The molecule has 1 rings (SSSR count). The number of aromatic nitrogens is 2. The number of amides is 1. The summed E-state index contributed by atoms with van der Waals surface area (Å²) >= 11 is 5.74. The molecule has 8 heteroatoms. The number of hydrogen-bond acceptors (Lipinski definition) is 4. The summed E-state index contributed by atoms with van der Waals surface area (Å²) in [6, 6.07) is -0.608. The minimum atomic E-state index is -0.780. The summed E-state index contributed by atoms with van der Waals surface area (Å²) in [5.74, 6) is 0. The number of hydrogen-bond donors (Lipinski definition) is 1. The molecule has 1 N–H and O–H groups in total. The van der Waals surface area contributed by atoms with Crippen LogP contribution in [0.2, 0.25) is 5.02 Å². The zero-order chi connectivity index (χ0) is 15.8. The van der Waals surface area contributed by atoms with Crippen molar-refractivity contribution in [3.63, 3.8) is 0 Å². The van der Waals surface area contributed by atoms with Gasteiger partial charge in [0.1, 0.15) is 11.8 Å². The first-order valence-electron chi connectivity index (χ1n) is 6.82. The number of unbranched alkanes of at least 4 members (excludes halogenated alkanes) is 3. The van der Waals surface area contributed by atoms with Crippen molar-refractivity contribution in [2.75, 3.05) is 13.7 Å². The normalized spacial score (nSPS) is 10.6. The Labute approximate surface area is 127 Å². The van der Waals surface area contributed by atoms with E-state index in [0.717, 1.165) is 41.0 Å². The van der Waals surface area contributed by atoms with Gasteiger partial charge in [-0.1, -0.05) is 37.8 Å². The molecule has 1 heterocycles. The molecule has 0 spiro atoms. The third-order valence-corrected chi connectivity index (χ3v) is 3.17. The maximum Gasteiger partial charge on any atom is 0.341 e. The van der Waals surface area contributed by atoms with E-state index >= 15 is 0 Å². The number of ether oxygens (including phenoxy) is 1. The third kappa shape index (κ3) is 4.71. The molecule has 7 nitrogen and oxygen atoms in total. The van der Waals surface area contributed by atoms with Gasteiger partial charge in [-0.05, 0) is 6.42 Å². The van der Waals surface area contributed by atoms with E-state index in [-0.39, 0.29) is 11.8 Å². The minimum absolute atomic E-state index is 0.215. The van der Waals surface area contributed by atoms with Crippen molar-refractivity contribution >= 4 is 17.6 Å². The maximum atomic E-state index is 12.0. The van der Waals surface area contributed by atoms with Gasteiger partial charge in [0.05, 0.1) is 0 Å². The summed E-state index contributed by atoms with van der Waals surface area (Å²) in [6.07, 6.45) is 5.07. The smallest absolute Gasteiger partial charge is 0.341 e. The van der Waals surface area contributed by atoms with E-state index in [4.69, 9.17) is 16.3 Å². The van der Waals surface area contributed by atoms with Gasteiger partial charge in [-0.3, -0.25) is 4.79 Å². The minimum Gasteiger partial charge on any atom is -0.364 e. The van der Waals surface area contributed by atoms with E-state index in [9.17, 15) is 14.4 Å². The zero-order valence-corrected chi connectivity index (χ0v) is 13.0. The molecule has 0 unspecified atom stereocenters. The molecule has 0 atom stereocenters. The lowest BCUT2D eigenvalue weighted by atomic mass is 10.2. The lowest BCUT2D eigenvalue weighted by Crippen LogP contribution is -2.45. The third-order valence-electron chi connectivity index (χ3n) is 2.91. The van der Waals surface area contributed by atoms with Gasteiger partial charge >= 0.3 is 11.7 Å². The maximum absolute atomic E-state index is 12.0. The molecule has 0 aromatic carbocycles. The van der Waals surface area contributed by atoms with E-state index < -0.39 is 17.3 Å². The lowest BCUT2D eigenvalue weighted by molar-refractivity contribution is 0.123. The molecule has 1 amide bonds. The Balaban J connectivity index is 2.85. The highest BCUT2D eigenvalue weighted by atomic mass is 35.5. The molecule has 1 aromatic rings. The summed E-state index contributed by atoms with van der Waals surface area (Å²) < 4.78 is 6.31. The molecule has 0 aliphatic carbocycles. The molecule has 1 aromatic heterocycles. The predicted molar refractivity (Wildman–Crippen MR) is 79.9 cm³/mol. The molecule has 21 heavy (non-hydrogen) atoms. The van der Waals surface area contributed by atoms with Crippen LogP contribution in [-0.4, -0.2) is 28.8 Å². The zero-order valence-electron chi connectivity index (χ0n) is 12.2. The predicted octanol–water partition coefficient (Wildman–Crippen LogP) is 1.41. The highest BCUT2D eigenvalue weighted by molar-refractivity contribution is 6.30. The van der Waals surface area contributed by atoms with Crippen molar-refractivity contribution in [3.05, 3.63) is 32.1 Å². The number of nitrogens with one attached hydrogen (secondary N) is 1. The van der Waals surface area contributed by atoms with E-state index in [1.54, 1.807) is 0 Å². The quantitative estimate of drug-likeness (QED) is 0.771. The van der Waals surface area contributed by atoms with Crippen molar-refractivity contribution < 1.29 is 9.53 Å². The van der Waals surface area contributed by atoms with Gasteiger partial charge in [0.2, 0.25) is 0 Å². The van der Waals surface area contributed by atoms with Crippen molar-refractivity contribution in [1.82, 2.24) is 14.5 Å². The molecule has 0 saturated heterocycles. The van der Waals surface area contributed by atoms with E-state index in [1.807, 2.05) is 0 Å². The first kappa shape index (κ1) is 17.5. The van der Waals surface area contributed by atoms with Crippen LogP contribution in [0.25, 0.3) is 0 Å². The fourth-order valence-electron chi connectivity index (χ4n) is 1.79. The Morgan fingerprint density at radius 2 is 2.05 bits per heavy atom. The van der Waals surface area contributed by atoms with Gasteiger partial charge in [0, 0.05) is 19.9 Å². The first-order valence-corrected chi connectivity index (χ1v) is 7.19. The van der Waals surface area contributed by atoms with Crippen LogP contribution in [0.1, 0.15) is 32.6 Å². The fraction of sp³-hybridized carbons (Fsp3) is 0.615.